The molecule has 0 fully saturated rings. The van der Waals surface area contributed by atoms with Gasteiger partial charge in [-0.3, -0.25) is 9.05 Å². The van der Waals surface area contributed by atoms with Crippen molar-refractivity contribution in [2.45, 2.75) is 58.8 Å². The Morgan fingerprint density at radius 3 is 1.04 bits per heavy atom. The minimum Gasteiger partial charge on any atom is -0.418 e. The quantitative estimate of drug-likeness (QED) is 0.0375. The maximum Gasteiger partial charge on any atom is 0.463 e. The summed E-state index contributed by atoms with van der Waals surface area (Å²) in [4.78, 5) is 0. The first kappa shape index (κ1) is 44.4. The van der Waals surface area contributed by atoms with E-state index in [1.54, 1.807) is 0 Å². The van der Waals surface area contributed by atoms with Gasteiger partial charge in [-0.25, -0.2) is 0 Å². The molecule has 0 aliphatic rings. The second kappa shape index (κ2) is 26.5. The fraction of sp³-hybridized carbons (Fsp3) is 0.442. The molecule has 0 aliphatic heterocycles. The summed E-state index contributed by atoms with van der Waals surface area (Å²) in [5.74, 6) is 2.63. The number of hydrogen-bond donors (Lipinski definition) is 0. The van der Waals surface area contributed by atoms with Crippen LogP contribution in [0.3, 0.4) is 0 Å². The zero-order valence-corrected chi connectivity index (χ0v) is 34.6. The van der Waals surface area contributed by atoms with E-state index in [1.165, 1.54) is 0 Å². The summed E-state index contributed by atoms with van der Waals surface area (Å²) in [6.07, 6.45) is 4.34. The third kappa shape index (κ3) is 17.6. The van der Waals surface area contributed by atoms with Crippen LogP contribution in [-0.2, 0) is 33.4 Å². The van der Waals surface area contributed by atoms with Gasteiger partial charge >= 0.3 is 17.2 Å². The molecule has 4 rings (SSSR count). The molecule has 4 aromatic rings. The molecule has 4 aromatic carbocycles. The Labute approximate surface area is 330 Å². The van der Waals surface area contributed by atoms with Gasteiger partial charge in [0.25, 0.3) is 0 Å². The Kier molecular flexibility index (Phi) is 21.4. The molecule has 0 spiro atoms. The molecule has 0 saturated heterocycles. The van der Waals surface area contributed by atoms with E-state index in [4.69, 9.17) is 46.1 Å². The molecule has 0 saturated carbocycles. The molecule has 0 aliphatic carbocycles. The van der Waals surface area contributed by atoms with Crippen LogP contribution in [0.15, 0.2) is 109 Å². The summed E-state index contributed by atoms with van der Waals surface area (Å²) in [6.45, 7) is 13.8. The number of hydrogen-bond acceptors (Lipinski definition) is 10. The van der Waals surface area contributed by atoms with E-state index in [9.17, 15) is 0 Å². The molecule has 55 heavy (non-hydrogen) atoms. The molecule has 12 heteroatoms. The second-order valence-corrected chi connectivity index (χ2v) is 15.1. The van der Waals surface area contributed by atoms with Crippen molar-refractivity contribution in [3.05, 3.63) is 120 Å². The average Bonchev–Trinajstić information content (AvgIpc) is 3.20. The van der Waals surface area contributed by atoms with E-state index in [-0.39, 0.29) is 5.41 Å². The van der Waals surface area contributed by atoms with Crippen LogP contribution in [0.5, 0.6) is 23.0 Å². The van der Waals surface area contributed by atoms with Crippen LogP contribution in [0.25, 0.3) is 0 Å². The molecule has 10 nitrogen and oxygen atoms in total. The largest absolute Gasteiger partial charge is 0.463 e. The Hall–Kier alpha value is -3.30. The highest BCUT2D eigenvalue weighted by molar-refractivity contribution is 7.42. The molecule has 0 aromatic heterocycles. The number of para-hydroxylation sites is 2. The second-order valence-electron chi connectivity index (χ2n) is 12.9. The Balaban J connectivity index is 1.30. The zero-order valence-electron chi connectivity index (χ0n) is 32.8. The summed E-state index contributed by atoms with van der Waals surface area (Å²) in [5, 5.41) is 0. The third-order valence-electron chi connectivity index (χ3n) is 8.24. The smallest absolute Gasteiger partial charge is 0.418 e. The van der Waals surface area contributed by atoms with Gasteiger partial charge in [0, 0.05) is 18.6 Å². The van der Waals surface area contributed by atoms with E-state index >= 15 is 0 Å². The van der Waals surface area contributed by atoms with Gasteiger partial charge in [0.1, 0.15) is 23.0 Å². The lowest BCUT2D eigenvalue weighted by molar-refractivity contribution is 0.0346. The van der Waals surface area contributed by atoms with Gasteiger partial charge in [0.2, 0.25) is 0 Å². The fourth-order valence-electron chi connectivity index (χ4n) is 4.96. The molecule has 2 unspecified atom stereocenters. The van der Waals surface area contributed by atoms with Crippen molar-refractivity contribution in [1.82, 2.24) is 0 Å². The van der Waals surface area contributed by atoms with Crippen molar-refractivity contribution in [3.63, 3.8) is 0 Å². The lowest BCUT2D eigenvalue weighted by Gasteiger charge is -2.27. The molecule has 300 valence electrons. The van der Waals surface area contributed by atoms with Crippen LogP contribution in [0.2, 0.25) is 0 Å². The molecule has 0 heterocycles. The van der Waals surface area contributed by atoms with Crippen LogP contribution < -0.4 is 18.1 Å². The minimum absolute atomic E-state index is 0.310. The van der Waals surface area contributed by atoms with Crippen molar-refractivity contribution in [2.24, 2.45) is 0 Å². The lowest BCUT2D eigenvalue weighted by Crippen LogP contribution is -2.18. The van der Waals surface area contributed by atoms with E-state index in [1.807, 2.05) is 84.9 Å². The molecule has 0 radical (unpaired) electrons. The molecule has 0 bridgehead atoms. The maximum atomic E-state index is 6.21. The van der Waals surface area contributed by atoms with Crippen LogP contribution >= 0.6 is 17.2 Å². The normalized spacial score (nSPS) is 12.6. The number of unbranched alkanes of at least 4 members (excludes halogenated alkanes) is 2. The summed E-state index contributed by atoms with van der Waals surface area (Å²) >= 11 is 0. The van der Waals surface area contributed by atoms with E-state index < -0.39 is 17.2 Å². The number of benzene rings is 4. The summed E-state index contributed by atoms with van der Waals surface area (Å²) in [6, 6.07) is 35.1. The Bertz CT molecular complexity index is 1410. The maximum absolute atomic E-state index is 6.21. The standard InChI is InChI=1S/C43H58O10P2/c1-5-7-27-44-29-31-46-33-35-48-54(50-39-15-11-9-12-16-39)52-41-23-19-37(20-24-41)43(3,4)38-21-25-42(26-22-38)53-55(51-40-17-13-10-14-18-40)49-36-34-47-32-30-45-28-8-6-2/h9-26H,5-8,27-36H2,1-4H3. The number of ether oxygens (including phenoxy) is 4. The van der Waals surface area contributed by atoms with Gasteiger partial charge in [-0.1, -0.05) is 101 Å². The van der Waals surface area contributed by atoms with Crippen LogP contribution in [0.1, 0.15) is 64.5 Å². The van der Waals surface area contributed by atoms with Crippen molar-refractivity contribution in [1.29, 1.82) is 0 Å². The van der Waals surface area contributed by atoms with Crippen molar-refractivity contribution >= 4 is 17.2 Å². The summed E-state index contributed by atoms with van der Waals surface area (Å²) < 4.78 is 59.0. The first-order valence-electron chi connectivity index (χ1n) is 19.2. The van der Waals surface area contributed by atoms with Gasteiger partial charge < -0.3 is 37.0 Å². The van der Waals surface area contributed by atoms with Gasteiger partial charge in [0.05, 0.1) is 52.9 Å². The SMILES string of the molecule is CCCCOCCOCCOP(Oc1ccccc1)Oc1ccc(C(C)(C)c2ccc(OP(OCCOCCOCCCC)Oc3ccccc3)cc2)cc1. The monoisotopic (exact) mass is 796 g/mol. The van der Waals surface area contributed by atoms with Gasteiger partial charge in [0.15, 0.2) is 0 Å². The molecule has 0 N–H and O–H groups in total. The summed E-state index contributed by atoms with van der Waals surface area (Å²) in [5.41, 5.74) is 1.92. The molecule has 2 atom stereocenters. The van der Waals surface area contributed by atoms with E-state index in [0.717, 1.165) is 50.0 Å². The van der Waals surface area contributed by atoms with Gasteiger partial charge in [-0.15, -0.1) is 0 Å². The highest BCUT2D eigenvalue weighted by Crippen LogP contribution is 2.44. The van der Waals surface area contributed by atoms with Crippen molar-refractivity contribution in [2.75, 3.05) is 66.1 Å². The van der Waals surface area contributed by atoms with E-state index in [0.29, 0.717) is 75.9 Å². The lowest BCUT2D eigenvalue weighted by atomic mass is 9.78. The predicted molar refractivity (Wildman–Crippen MR) is 219 cm³/mol. The molecular weight excluding hydrogens is 738 g/mol. The van der Waals surface area contributed by atoms with Gasteiger partial charge in [-0.2, -0.15) is 0 Å². The van der Waals surface area contributed by atoms with Crippen LogP contribution in [-0.4, -0.2) is 66.1 Å². The predicted octanol–water partition coefficient (Wildman–Crippen LogP) is 11.1. The zero-order chi connectivity index (χ0) is 38.8. The van der Waals surface area contributed by atoms with Crippen molar-refractivity contribution < 1.29 is 46.1 Å². The highest BCUT2D eigenvalue weighted by atomic mass is 31.2. The molecular formula is C43H58O10P2. The fourth-order valence-corrected chi connectivity index (χ4v) is 6.87. The summed E-state index contributed by atoms with van der Waals surface area (Å²) in [7, 11) is -3.44. The Morgan fingerprint density at radius 2 is 0.691 bits per heavy atom. The van der Waals surface area contributed by atoms with Gasteiger partial charge in [-0.05, 0) is 72.5 Å². The average molecular weight is 797 g/mol. The van der Waals surface area contributed by atoms with Crippen LogP contribution in [0.4, 0.5) is 0 Å². The first-order valence-corrected chi connectivity index (χ1v) is 21.4. The number of rotatable bonds is 30. The van der Waals surface area contributed by atoms with Crippen molar-refractivity contribution in [3.8, 4) is 23.0 Å². The topological polar surface area (TPSA) is 92.3 Å². The van der Waals surface area contributed by atoms with E-state index in [2.05, 4.69) is 52.0 Å². The Morgan fingerprint density at radius 1 is 0.382 bits per heavy atom. The minimum atomic E-state index is -1.72. The molecule has 0 amide bonds. The third-order valence-corrected chi connectivity index (χ3v) is 10.5. The highest BCUT2D eigenvalue weighted by Gasteiger charge is 2.25. The van der Waals surface area contributed by atoms with Crippen LogP contribution in [0, 0.1) is 0 Å². The first-order chi connectivity index (χ1) is 27.0.